The van der Waals surface area contributed by atoms with Gasteiger partial charge in [0.15, 0.2) is 0 Å². The summed E-state index contributed by atoms with van der Waals surface area (Å²) in [5.74, 6) is -0.529. The molecule has 1 aliphatic rings. The van der Waals surface area contributed by atoms with Crippen LogP contribution in [0.5, 0.6) is 0 Å². The Morgan fingerprint density at radius 3 is 2.61 bits per heavy atom. The molecule has 0 saturated carbocycles. The second-order valence-corrected chi connectivity index (χ2v) is 5.08. The first kappa shape index (κ1) is 13.0. The van der Waals surface area contributed by atoms with Gasteiger partial charge in [-0.1, -0.05) is 0 Å². The number of carbonyl (C=O) groups excluding carboxylic acids is 1. The normalized spacial score (nSPS) is 23.2. The Morgan fingerprint density at radius 2 is 2.06 bits per heavy atom. The minimum absolute atomic E-state index is 0.194. The summed E-state index contributed by atoms with van der Waals surface area (Å²) in [7, 11) is 0. The Morgan fingerprint density at radius 1 is 1.44 bits per heavy atom. The van der Waals surface area contributed by atoms with Gasteiger partial charge in [-0.05, 0) is 38.1 Å². The van der Waals surface area contributed by atoms with Gasteiger partial charge in [-0.2, -0.15) is 0 Å². The van der Waals surface area contributed by atoms with E-state index in [4.69, 9.17) is 0 Å². The molecular formula is C13H17FN2O2. The average molecular weight is 252 g/mol. The number of nitrogens with zero attached hydrogens (tertiary/aromatic N) is 1. The number of benzene rings is 1. The smallest absolute Gasteiger partial charge is 0.247 e. The molecule has 0 bridgehead atoms. The largest absolute Gasteiger partial charge is 0.394 e. The Bertz CT molecular complexity index is 445. The van der Waals surface area contributed by atoms with Crippen molar-refractivity contribution in [3.63, 3.8) is 0 Å². The number of halogens is 1. The molecule has 18 heavy (non-hydrogen) atoms. The van der Waals surface area contributed by atoms with E-state index in [1.165, 1.54) is 12.1 Å². The highest BCUT2D eigenvalue weighted by Gasteiger charge is 2.40. The predicted octanol–water partition coefficient (Wildman–Crippen LogP) is 0.901. The van der Waals surface area contributed by atoms with E-state index in [0.29, 0.717) is 12.2 Å². The molecule has 1 fully saturated rings. The van der Waals surface area contributed by atoms with Crippen molar-refractivity contribution < 1.29 is 14.3 Å². The maximum Gasteiger partial charge on any atom is 0.247 e. The van der Waals surface area contributed by atoms with Crippen LogP contribution in [0.4, 0.5) is 10.1 Å². The molecule has 1 unspecified atom stereocenters. The highest BCUT2D eigenvalue weighted by molar-refractivity contribution is 5.99. The molecule has 1 saturated heterocycles. The maximum absolute atomic E-state index is 12.9. The molecule has 0 aliphatic carbocycles. The van der Waals surface area contributed by atoms with Gasteiger partial charge in [-0.25, -0.2) is 4.39 Å². The zero-order valence-corrected chi connectivity index (χ0v) is 10.5. The molecule has 2 rings (SSSR count). The molecule has 4 nitrogen and oxygen atoms in total. The van der Waals surface area contributed by atoms with Gasteiger partial charge in [0.25, 0.3) is 0 Å². The van der Waals surface area contributed by atoms with Crippen LogP contribution >= 0.6 is 0 Å². The molecular weight excluding hydrogens is 235 g/mol. The average Bonchev–Trinajstić information content (AvgIpc) is 2.31. The van der Waals surface area contributed by atoms with Crippen LogP contribution < -0.4 is 10.2 Å². The number of aliphatic hydroxyl groups excluding tert-OH is 1. The van der Waals surface area contributed by atoms with Crippen LogP contribution in [0.1, 0.15) is 13.8 Å². The van der Waals surface area contributed by atoms with E-state index >= 15 is 0 Å². The van der Waals surface area contributed by atoms with Gasteiger partial charge in [0, 0.05) is 12.2 Å². The van der Waals surface area contributed by atoms with Crippen LogP contribution in [0, 0.1) is 5.82 Å². The van der Waals surface area contributed by atoms with E-state index in [9.17, 15) is 14.3 Å². The predicted molar refractivity (Wildman–Crippen MR) is 66.8 cm³/mol. The number of nitrogens with one attached hydrogen (secondary N) is 1. The summed E-state index contributed by atoms with van der Waals surface area (Å²) in [5, 5.41) is 12.2. The number of carbonyl (C=O) groups is 1. The first-order valence-corrected chi connectivity index (χ1v) is 5.89. The Labute approximate surface area is 105 Å². The van der Waals surface area contributed by atoms with Gasteiger partial charge < -0.3 is 15.3 Å². The van der Waals surface area contributed by atoms with Gasteiger partial charge in [0.2, 0.25) is 5.91 Å². The van der Waals surface area contributed by atoms with Gasteiger partial charge in [-0.3, -0.25) is 4.79 Å². The van der Waals surface area contributed by atoms with Crippen molar-refractivity contribution in [3.8, 4) is 0 Å². The van der Waals surface area contributed by atoms with Crippen molar-refractivity contribution in [2.24, 2.45) is 0 Å². The summed E-state index contributed by atoms with van der Waals surface area (Å²) in [6.45, 7) is 4.18. The third-order valence-electron chi connectivity index (χ3n) is 3.17. The standard InChI is InChI=1S/C13H17FN2O2/c1-13(2)8-15-11(7-17)12(18)16(13)10-5-3-9(14)4-6-10/h3-6,11,15,17H,7-8H2,1-2H3. The third-order valence-corrected chi connectivity index (χ3v) is 3.17. The van der Waals surface area contributed by atoms with Crippen molar-refractivity contribution in [2.75, 3.05) is 18.1 Å². The molecule has 1 amide bonds. The summed E-state index contributed by atoms with van der Waals surface area (Å²) in [5.41, 5.74) is 0.229. The lowest BCUT2D eigenvalue weighted by molar-refractivity contribution is -0.124. The zero-order chi connectivity index (χ0) is 13.3. The number of anilines is 1. The Balaban J connectivity index is 2.37. The van der Waals surface area contributed by atoms with Crippen molar-refractivity contribution >= 4 is 11.6 Å². The number of amides is 1. The molecule has 1 aliphatic heterocycles. The molecule has 0 radical (unpaired) electrons. The van der Waals surface area contributed by atoms with Crippen LogP contribution in [0.2, 0.25) is 0 Å². The van der Waals surface area contributed by atoms with Crippen LogP contribution in [-0.4, -0.2) is 35.7 Å². The van der Waals surface area contributed by atoms with Gasteiger partial charge in [0.05, 0.1) is 12.1 Å². The molecule has 0 aromatic heterocycles. The molecule has 1 aromatic rings. The van der Waals surface area contributed by atoms with Crippen molar-refractivity contribution in [1.82, 2.24) is 5.32 Å². The molecule has 2 N–H and O–H groups in total. The van der Waals surface area contributed by atoms with E-state index in [1.54, 1.807) is 17.0 Å². The summed E-state index contributed by atoms with van der Waals surface area (Å²) >= 11 is 0. The van der Waals surface area contributed by atoms with E-state index in [2.05, 4.69) is 5.32 Å². The van der Waals surface area contributed by atoms with Crippen LogP contribution in [0.15, 0.2) is 24.3 Å². The Hall–Kier alpha value is -1.46. The highest BCUT2D eigenvalue weighted by Crippen LogP contribution is 2.27. The number of aliphatic hydroxyl groups is 1. The number of hydrogen-bond acceptors (Lipinski definition) is 3. The van der Waals surface area contributed by atoms with Crippen molar-refractivity contribution in [1.29, 1.82) is 0 Å². The van der Waals surface area contributed by atoms with Gasteiger partial charge in [0.1, 0.15) is 11.9 Å². The molecule has 1 atom stereocenters. The first-order valence-electron chi connectivity index (χ1n) is 5.89. The number of rotatable bonds is 2. The molecule has 98 valence electrons. The molecule has 1 aromatic carbocycles. The van der Waals surface area contributed by atoms with Crippen LogP contribution in [-0.2, 0) is 4.79 Å². The summed E-state index contributed by atoms with van der Waals surface area (Å²) in [6, 6.07) is 5.22. The highest BCUT2D eigenvalue weighted by atomic mass is 19.1. The molecule has 0 spiro atoms. The lowest BCUT2D eigenvalue weighted by atomic mass is 9.96. The van der Waals surface area contributed by atoms with Crippen molar-refractivity contribution in [3.05, 3.63) is 30.1 Å². The minimum atomic E-state index is -0.594. The fraction of sp³-hybridized carbons (Fsp3) is 0.462. The number of hydrogen-bond donors (Lipinski definition) is 2. The molecule has 5 heteroatoms. The zero-order valence-electron chi connectivity index (χ0n) is 10.5. The van der Waals surface area contributed by atoms with Gasteiger partial charge >= 0.3 is 0 Å². The second-order valence-electron chi connectivity index (χ2n) is 5.08. The lowest BCUT2D eigenvalue weighted by Gasteiger charge is -2.45. The van der Waals surface area contributed by atoms with E-state index in [-0.39, 0.29) is 18.3 Å². The third kappa shape index (κ3) is 2.23. The van der Waals surface area contributed by atoms with Crippen molar-refractivity contribution in [2.45, 2.75) is 25.4 Å². The fourth-order valence-electron chi connectivity index (χ4n) is 2.20. The quantitative estimate of drug-likeness (QED) is 0.822. The maximum atomic E-state index is 12.9. The lowest BCUT2D eigenvalue weighted by Crippen LogP contribution is -2.66. The summed E-state index contributed by atoms with van der Waals surface area (Å²) < 4.78 is 12.9. The van der Waals surface area contributed by atoms with E-state index < -0.39 is 11.6 Å². The minimum Gasteiger partial charge on any atom is -0.394 e. The summed E-state index contributed by atoms with van der Waals surface area (Å²) in [6.07, 6.45) is 0. The van der Waals surface area contributed by atoms with Gasteiger partial charge in [-0.15, -0.1) is 0 Å². The number of piperazine rings is 1. The van der Waals surface area contributed by atoms with Crippen LogP contribution in [0.3, 0.4) is 0 Å². The Kier molecular flexibility index (Phi) is 3.36. The van der Waals surface area contributed by atoms with E-state index in [0.717, 1.165) is 0 Å². The SMILES string of the molecule is CC1(C)CNC(CO)C(=O)N1c1ccc(F)cc1. The van der Waals surface area contributed by atoms with E-state index in [1.807, 2.05) is 13.8 Å². The summed E-state index contributed by atoms with van der Waals surface area (Å²) in [4.78, 5) is 13.9. The second kappa shape index (κ2) is 4.66. The topological polar surface area (TPSA) is 52.6 Å². The molecule has 1 heterocycles. The first-order chi connectivity index (χ1) is 8.45. The van der Waals surface area contributed by atoms with Crippen LogP contribution in [0.25, 0.3) is 0 Å². The fourth-order valence-corrected chi connectivity index (χ4v) is 2.20. The monoisotopic (exact) mass is 252 g/mol.